The highest BCUT2D eigenvalue weighted by molar-refractivity contribution is 4.85. The smallest absolute Gasteiger partial charge is 0.0518 e. The zero-order valence-corrected chi connectivity index (χ0v) is 13.5. The van der Waals surface area contributed by atoms with E-state index in [-0.39, 0.29) is 0 Å². The maximum Gasteiger partial charge on any atom is 0.0518 e. The number of unbranched alkanes of at least 4 members (excludes halogenated alkanes) is 1. The van der Waals surface area contributed by atoms with Gasteiger partial charge in [0.1, 0.15) is 0 Å². The Bertz CT molecular complexity index is 221. The van der Waals surface area contributed by atoms with Crippen LogP contribution in [-0.4, -0.2) is 49.3 Å². The lowest BCUT2D eigenvalue weighted by Crippen LogP contribution is -2.56. The number of nitrogens with one attached hydrogen (secondary N) is 1. The third kappa shape index (κ3) is 6.73. The Morgan fingerprint density at radius 3 is 2.68 bits per heavy atom. The topological polar surface area (TPSA) is 24.5 Å². The highest BCUT2D eigenvalue weighted by atomic mass is 16.5. The first-order valence-corrected chi connectivity index (χ1v) is 8.26. The van der Waals surface area contributed by atoms with Crippen molar-refractivity contribution in [2.75, 3.05) is 26.2 Å². The SMILES string of the molecule is CCCC1CN(CCCCOC(C)C)C(CC)CN1. The van der Waals surface area contributed by atoms with Crippen LogP contribution < -0.4 is 5.32 Å². The highest BCUT2D eigenvalue weighted by Gasteiger charge is 2.25. The van der Waals surface area contributed by atoms with Gasteiger partial charge in [0, 0.05) is 31.8 Å². The fourth-order valence-electron chi connectivity index (χ4n) is 2.88. The third-order valence-corrected chi connectivity index (χ3v) is 4.01. The molecule has 0 aliphatic carbocycles. The Labute approximate surface area is 120 Å². The number of nitrogens with zero attached hydrogens (tertiary/aromatic N) is 1. The van der Waals surface area contributed by atoms with Gasteiger partial charge in [0.25, 0.3) is 0 Å². The van der Waals surface area contributed by atoms with E-state index in [1.165, 1.54) is 51.7 Å². The molecule has 0 radical (unpaired) electrons. The number of hydrogen-bond donors (Lipinski definition) is 1. The van der Waals surface area contributed by atoms with Crippen molar-refractivity contribution in [2.45, 2.75) is 78.0 Å². The van der Waals surface area contributed by atoms with Crippen LogP contribution >= 0.6 is 0 Å². The van der Waals surface area contributed by atoms with Gasteiger partial charge in [0.05, 0.1) is 6.10 Å². The summed E-state index contributed by atoms with van der Waals surface area (Å²) in [5, 5.41) is 3.70. The lowest BCUT2D eigenvalue weighted by molar-refractivity contribution is 0.0695. The largest absolute Gasteiger partial charge is 0.379 e. The van der Waals surface area contributed by atoms with Crippen molar-refractivity contribution < 1.29 is 4.74 Å². The zero-order valence-electron chi connectivity index (χ0n) is 13.5. The molecule has 0 spiro atoms. The summed E-state index contributed by atoms with van der Waals surface area (Å²) in [4.78, 5) is 2.70. The average Bonchev–Trinajstić information content (AvgIpc) is 2.38. The van der Waals surface area contributed by atoms with Gasteiger partial charge in [-0.1, -0.05) is 20.3 Å². The summed E-state index contributed by atoms with van der Waals surface area (Å²) < 4.78 is 5.61. The summed E-state index contributed by atoms with van der Waals surface area (Å²) in [5.41, 5.74) is 0. The van der Waals surface area contributed by atoms with Gasteiger partial charge >= 0.3 is 0 Å². The van der Waals surface area contributed by atoms with Crippen molar-refractivity contribution in [3.63, 3.8) is 0 Å². The Kier molecular flexibility index (Phi) is 8.67. The molecule has 1 heterocycles. The molecule has 0 amide bonds. The Hall–Kier alpha value is -0.120. The van der Waals surface area contributed by atoms with Gasteiger partial charge in [0.15, 0.2) is 0 Å². The molecule has 1 fully saturated rings. The van der Waals surface area contributed by atoms with Gasteiger partial charge in [-0.15, -0.1) is 0 Å². The maximum atomic E-state index is 5.61. The second-order valence-corrected chi connectivity index (χ2v) is 6.08. The summed E-state index contributed by atoms with van der Waals surface area (Å²) in [6.45, 7) is 13.4. The average molecular weight is 270 g/mol. The van der Waals surface area contributed by atoms with E-state index < -0.39 is 0 Å². The second kappa shape index (κ2) is 9.73. The van der Waals surface area contributed by atoms with Crippen LogP contribution in [0, 0.1) is 0 Å². The number of ether oxygens (including phenoxy) is 1. The molecule has 1 saturated heterocycles. The summed E-state index contributed by atoms with van der Waals surface area (Å²) in [7, 11) is 0. The van der Waals surface area contributed by atoms with E-state index in [2.05, 4.69) is 37.9 Å². The quantitative estimate of drug-likeness (QED) is 0.652. The van der Waals surface area contributed by atoms with Gasteiger partial charge in [0.2, 0.25) is 0 Å². The summed E-state index contributed by atoms with van der Waals surface area (Å²) >= 11 is 0. The molecule has 3 heteroatoms. The van der Waals surface area contributed by atoms with E-state index >= 15 is 0 Å². The van der Waals surface area contributed by atoms with Crippen LogP contribution in [0.1, 0.15) is 59.8 Å². The van der Waals surface area contributed by atoms with Crippen molar-refractivity contribution in [3.8, 4) is 0 Å². The highest BCUT2D eigenvalue weighted by Crippen LogP contribution is 2.14. The van der Waals surface area contributed by atoms with Crippen molar-refractivity contribution in [3.05, 3.63) is 0 Å². The minimum absolute atomic E-state index is 0.372. The standard InChI is InChI=1S/C16H34N2O/c1-5-9-15-13-18(16(6-2)12-17-15)10-7-8-11-19-14(3)4/h14-17H,5-13H2,1-4H3. The molecule has 0 aromatic rings. The Morgan fingerprint density at radius 2 is 2.05 bits per heavy atom. The molecule has 0 saturated carbocycles. The monoisotopic (exact) mass is 270 g/mol. The molecule has 1 N–H and O–H groups in total. The van der Waals surface area contributed by atoms with E-state index in [0.717, 1.165) is 12.6 Å². The zero-order chi connectivity index (χ0) is 14.1. The molecule has 0 bridgehead atoms. The molecule has 1 aliphatic heterocycles. The van der Waals surface area contributed by atoms with Crippen molar-refractivity contribution in [1.29, 1.82) is 0 Å². The van der Waals surface area contributed by atoms with Gasteiger partial charge in [-0.3, -0.25) is 4.90 Å². The molecule has 2 unspecified atom stereocenters. The predicted molar refractivity (Wildman–Crippen MR) is 82.7 cm³/mol. The molecule has 1 aliphatic rings. The second-order valence-electron chi connectivity index (χ2n) is 6.08. The van der Waals surface area contributed by atoms with Crippen molar-refractivity contribution in [2.24, 2.45) is 0 Å². The van der Waals surface area contributed by atoms with Crippen LogP contribution in [0.25, 0.3) is 0 Å². The summed E-state index contributed by atoms with van der Waals surface area (Å²) in [5.74, 6) is 0. The molecule has 0 aromatic heterocycles. The third-order valence-electron chi connectivity index (χ3n) is 4.01. The van der Waals surface area contributed by atoms with Gasteiger partial charge in [-0.05, 0) is 46.1 Å². The van der Waals surface area contributed by atoms with Gasteiger partial charge in [-0.2, -0.15) is 0 Å². The van der Waals surface area contributed by atoms with Crippen LogP contribution in [0.2, 0.25) is 0 Å². The molecule has 1 rings (SSSR count). The molecule has 3 nitrogen and oxygen atoms in total. The van der Waals surface area contributed by atoms with Crippen LogP contribution in [0.15, 0.2) is 0 Å². The lowest BCUT2D eigenvalue weighted by atomic mass is 10.0. The summed E-state index contributed by atoms with van der Waals surface area (Å²) in [6, 6.07) is 1.44. The van der Waals surface area contributed by atoms with E-state index in [9.17, 15) is 0 Å². The molecule has 19 heavy (non-hydrogen) atoms. The number of rotatable bonds is 9. The van der Waals surface area contributed by atoms with Crippen LogP contribution in [0.3, 0.4) is 0 Å². The minimum Gasteiger partial charge on any atom is -0.379 e. The fourth-order valence-corrected chi connectivity index (χ4v) is 2.88. The number of piperazine rings is 1. The van der Waals surface area contributed by atoms with Crippen molar-refractivity contribution >= 4 is 0 Å². The lowest BCUT2D eigenvalue weighted by Gasteiger charge is -2.40. The first kappa shape index (κ1) is 16.9. The minimum atomic E-state index is 0.372. The Balaban J connectivity index is 2.23. The van der Waals surface area contributed by atoms with E-state index in [4.69, 9.17) is 4.74 Å². The molecule has 2 atom stereocenters. The molecular weight excluding hydrogens is 236 g/mol. The van der Waals surface area contributed by atoms with Gasteiger partial charge < -0.3 is 10.1 Å². The van der Waals surface area contributed by atoms with Crippen LogP contribution in [0.4, 0.5) is 0 Å². The van der Waals surface area contributed by atoms with E-state index in [1.807, 2.05) is 0 Å². The summed E-state index contributed by atoms with van der Waals surface area (Å²) in [6.07, 6.45) is 6.68. The Morgan fingerprint density at radius 1 is 1.26 bits per heavy atom. The molecule has 0 aromatic carbocycles. The van der Waals surface area contributed by atoms with Crippen LogP contribution in [-0.2, 0) is 4.74 Å². The van der Waals surface area contributed by atoms with Crippen LogP contribution in [0.5, 0.6) is 0 Å². The van der Waals surface area contributed by atoms with E-state index in [1.54, 1.807) is 0 Å². The van der Waals surface area contributed by atoms with E-state index in [0.29, 0.717) is 12.1 Å². The predicted octanol–water partition coefficient (Wildman–Crippen LogP) is 3.04. The molecule has 114 valence electrons. The fraction of sp³-hybridized carbons (Fsp3) is 1.00. The van der Waals surface area contributed by atoms with Gasteiger partial charge in [-0.25, -0.2) is 0 Å². The maximum absolute atomic E-state index is 5.61. The van der Waals surface area contributed by atoms with Crippen molar-refractivity contribution in [1.82, 2.24) is 10.2 Å². The number of hydrogen-bond acceptors (Lipinski definition) is 3. The molecular formula is C16H34N2O. The first-order chi connectivity index (χ1) is 9.17. The first-order valence-electron chi connectivity index (χ1n) is 8.26. The normalized spacial score (nSPS) is 25.1.